The molecule has 0 bridgehead atoms. The van der Waals surface area contributed by atoms with E-state index >= 15 is 0 Å². The van der Waals surface area contributed by atoms with Crippen LogP contribution in [0.15, 0.2) is 40.9 Å². The largest absolute Gasteiger partial charge is 0.497 e. The topological polar surface area (TPSA) is 60.0 Å². The number of amides is 1. The van der Waals surface area contributed by atoms with Crippen LogP contribution in [-0.4, -0.2) is 51.3 Å². The number of ether oxygens (including phenoxy) is 3. The van der Waals surface area contributed by atoms with Gasteiger partial charge in [-0.1, -0.05) is 12.1 Å². The lowest BCUT2D eigenvalue weighted by Gasteiger charge is -2.32. The summed E-state index contributed by atoms with van der Waals surface area (Å²) in [5.74, 6) is 1.91. The van der Waals surface area contributed by atoms with Crippen LogP contribution >= 0.6 is 15.9 Å². The molecule has 0 atom stereocenters. The number of carbonyl (C=O) groups is 1. The van der Waals surface area contributed by atoms with Gasteiger partial charge in [0.25, 0.3) is 5.91 Å². The highest BCUT2D eigenvalue weighted by molar-refractivity contribution is 9.10. The Morgan fingerprint density at radius 2 is 1.72 bits per heavy atom. The maximum absolute atomic E-state index is 12.7. The van der Waals surface area contributed by atoms with Gasteiger partial charge in [-0.3, -0.25) is 9.69 Å². The number of hydrogen-bond acceptors (Lipinski definition) is 5. The number of methoxy groups -OCH3 is 3. The van der Waals surface area contributed by atoms with Crippen LogP contribution in [0.4, 0.5) is 0 Å². The summed E-state index contributed by atoms with van der Waals surface area (Å²) in [6.45, 7) is 2.77. The minimum Gasteiger partial charge on any atom is -0.497 e. The van der Waals surface area contributed by atoms with Gasteiger partial charge in [0.15, 0.2) is 0 Å². The summed E-state index contributed by atoms with van der Waals surface area (Å²) in [6.07, 6.45) is 1.83. The minimum absolute atomic E-state index is 0.111. The molecule has 7 heteroatoms. The predicted molar refractivity (Wildman–Crippen MR) is 116 cm³/mol. The van der Waals surface area contributed by atoms with Crippen molar-refractivity contribution in [3.05, 3.63) is 52.0 Å². The second-order valence-corrected chi connectivity index (χ2v) is 7.86. The molecular weight excluding hydrogens is 436 g/mol. The first-order valence-electron chi connectivity index (χ1n) is 9.61. The maximum Gasteiger partial charge on any atom is 0.251 e. The highest BCUT2D eigenvalue weighted by atomic mass is 79.9. The van der Waals surface area contributed by atoms with Gasteiger partial charge in [-0.2, -0.15) is 0 Å². The van der Waals surface area contributed by atoms with E-state index in [1.807, 2.05) is 12.1 Å². The zero-order chi connectivity index (χ0) is 20.8. The molecule has 1 heterocycles. The number of likely N-dealkylation sites (tertiary alicyclic amines) is 1. The third-order valence-corrected chi connectivity index (χ3v) is 5.95. The molecule has 1 N–H and O–H groups in total. The van der Waals surface area contributed by atoms with Crippen molar-refractivity contribution < 1.29 is 19.0 Å². The van der Waals surface area contributed by atoms with Crippen molar-refractivity contribution in [1.82, 2.24) is 10.2 Å². The Kier molecular flexibility index (Phi) is 7.39. The molecule has 0 unspecified atom stereocenters. The number of benzene rings is 2. The van der Waals surface area contributed by atoms with E-state index in [2.05, 4.69) is 38.3 Å². The lowest BCUT2D eigenvalue weighted by molar-refractivity contribution is 0.0908. The Labute approximate surface area is 180 Å². The van der Waals surface area contributed by atoms with Gasteiger partial charge in [-0.05, 0) is 58.6 Å². The summed E-state index contributed by atoms with van der Waals surface area (Å²) < 4.78 is 16.7. The lowest BCUT2D eigenvalue weighted by atomic mass is 10.0. The molecule has 1 aliphatic heterocycles. The summed E-state index contributed by atoms with van der Waals surface area (Å²) in [7, 11) is 4.82. The second kappa shape index (κ2) is 9.98. The molecular formula is C22H27BrN2O4. The molecule has 1 fully saturated rings. The van der Waals surface area contributed by atoms with Crippen molar-refractivity contribution in [3.63, 3.8) is 0 Å². The molecule has 1 amide bonds. The van der Waals surface area contributed by atoms with Crippen molar-refractivity contribution in [2.45, 2.75) is 25.4 Å². The molecule has 1 saturated heterocycles. The van der Waals surface area contributed by atoms with Crippen molar-refractivity contribution in [3.8, 4) is 17.2 Å². The van der Waals surface area contributed by atoms with Crippen LogP contribution in [0.3, 0.4) is 0 Å². The molecule has 0 aromatic heterocycles. The highest BCUT2D eigenvalue weighted by Crippen LogP contribution is 2.35. The summed E-state index contributed by atoms with van der Waals surface area (Å²) in [4.78, 5) is 15.1. The Morgan fingerprint density at radius 3 is 2.31 bits per heavy atom. The van der Waals surface area contributed by atoms with Crippen molar-refractivity contribution in [2.75, 3.05) is 34.4 Å². The second-order valence-electron chi connectivity index (χ2n) is 7.07. The first-order chi connectivity index (χ1) is 14.0. The predicted octanol–water partition coefficient (Wildman–Crippen LogP) is 3.87. The first kappa shape index (κ1) is 21.5. The molecule has 6 nitrogen and oxygen atoms in total. The zero-order valence-corrected chi connectivity index (χ0v) is 18.6. The van der Waals surface area contributed by atoms with Crippen LogP contribution in [0.1, 0.15) is 28.8 Å². The van der Waals surface area contributed by atoms with Crippen LogP contribution in [0, 0.1) is 0 Å². The fourth-order valence-electron chi connectivity index (χ4n) is 3.53. The average molecular weight is 463 g/mol. The standard InChI is InChI=1S/C22H27BrN2O4/c1-27-18-6-4-5-15(11-18)14-25-9-7-17(8-10-25)24-22(26)16-12-19(28-2)21(23)20(13-16)29-3/h4-6,11-13,17H,7-10,14H2,1-3H3,(H,24,26). The third kappa shape index (κ3) is 5.42. The van der Waals surface area contributed by atoms with Gasteiger partial charge in [0.1, 0.15) is 21.7 Å². The fraction of sp³-hybridized carbons (Fsp3) is 0.409. The van der Waals surface area contributed by atoms with Crippen molar-refractivity contribution in [2.24, 2.45) is 0 Å². The zero-order valence-electron chi connectivity index (χ0n) is 17.0. The number of nitrogens with zero attached hydrogens (tertiary/aromatic N) is 1. The summed E-state index contributed by atoms with van der Waals surface area (Å²) in [5.41, 5.74) is 1.77. The molecule has 156 valence electrons. The van der Waals surface area contributed by atoms with E-state index in [0.717, 1.165) is 38.2 Å². The van der Waals surface area contributed by atoms with E-state index < -0.39 is 0 Å². The number of hydrogen-bond donors (Lipinski definition) is 1. The van der Waals surface area contributed by atoms with Gasteiger partial charge in [0.05, 0.1) is 21.3 Å². The van der Waals surface area contributed by atoms with E-state index in [-0.39, 0.29) is 11.9 Å². The minimum atomic E-state index is -0.111. The van der Waals surface area contributed by atoms with Crippen LogP contribution in [0.25, 0.3) is 0 Å². The highest BCUT2D eigenvalue weighted by Gasteiger charge is 2.22. The molecule has 1 aliphatic rings. The van der Waals surface area contributed by atoms with Gasteiger partial charge in [0.2, 0.25) is 0 Å². The number of carbonyl (C=O) groups excluding carboxylic acids is 1. The molecule has 2 aromatic carbocycles. The van der Waals surface area contributed by atoms with Crippen LogP contribution in [0.5, 0.6) is 17.2 Å². The monoisotopic (exact) mass is 462 g/mol. The van der Waals surface area contributed by atoms with Crippen LogP contribution < -0.4 is 19.5 Å². The van der Waals surface area contributed by atoms with E-state index in [0.29, 0.717) is 21.5 Å². The summed E-state index contributed by atoms with van der Waals surface area (Å²) in [6, 6.07) is 11.8. The van der Waals surface area contributed by atoms with Crippen molar-refractivity contribution >= 4 is 21.8 Å². The lowest BCUT2D eigenvalue weighted by Crippen LogP contribution is -2.44. The molecule has 0 saturated carbocycles. The Balaban J connectivity index is 1.56. The molecule has 0 aliphatic carbocycles. The van der Waals surface area contributed by atoms with Crippen LogP contribution in [-0.2, 0) is 6.54 Å². The van der Waals surface area contributed by atoms with Gasteiger partial charge in [0, 0.05) is 31.2 Å². The van der Waals surface area contributed by atoms with E-state index in [1.165, 1.54) is 5.56 Å². The van der Waals surface area contributed by atoms with E-state index in [4.69, 9.17) is 14.2 Å². The molecule has 0 radical (unpaired) electrons. The molecule has 29 heavy (non-hydrogen) atoms. The summed E-state index contributed by atoms with van der Waals surface area (Å²) in [5, 5.41) is 3.15. The normalized spacial score (nSPS) is 15.0. The van der Waals surface area contributed by atoms with Gasteiger partial charge >= 0.3 is 0 Å². The fourth-order valence-corrected chi connectivity index (χ4v) is 4.09. The van der Waals surface area contributed by atoms with E-state index in [1.54, 1.807) is 33.5 Å². The Morgan fingerprint density at radius 1 is 1.07 bits per heavy atom. The van der Waals surface area contributed by atoms with Gasteiger partial charge in [-0.25, -0.2) is 0 Å². The van der Waals surface area contributed by atoms with Gasteiger partial charge < -0.3 is 19.5 Å². The Hall–Kier alpha value is -2.25. The van der Waals surface area contributed by atoms with Crippen LogP contribution in [0.2, 0.25) is 0 Å². The quantitative estimate of drug-likeness (QED) is 0.676. The van der Waals surface area contributed by atoms with E-state index in [9.17, 15) is 4.79 Å². The SMILES string of the molecule is COc1cccc(CN2CCC(NC(=O)c3cc(OC)c(Br)c(OC)c3)CC2)c1. The molecule has 2 aromatic rings. The Bertz CT molecular complexity index is 825. The maximum atomic E-state index is 12.7. The third-order valence-electron chi connectivity index (χ3n) is 5.17. The summed E-state index contributed by atoms with van der Waals surface area (Å²) >= 11 is 3.43. The smallest absolute Gasteiger partial charge is 0.251 e. The molecule has 0 spiro atoms. The average Bonchev–Trinajstić information content (AvgIpc) is 2.75. The van der Waals surface area contributed by atoms with Crippen molar-refractivity contribution in [1.29, 1.82) is 0 Å². The van der Waals surface area contributed by atoms with Gasteiger partial charge in [-0.15, -0.1) is 0 Å². The number of rotatable bonds is 7. The number of nitrogens with one attached hydrogen (secondary N) is 1. The number of piperidine rings is 1. The number of halogens is 1. The first-order valence-corrected chi connectivity index (χ1v) is 10.4. The molecule has 3 rings (SSSR count).